The highest BCUT2D eigenvalue weighted by atomic mass is 15.1. The molecule has 0 N–H and O–H groups in total. The standard InChI is InChI=1S/C19H26N2/c1-14(20-19(2,3)4)15-10-7-8-11-16(15)17-12-9-13-18(17)21(5)6/h7-13,17H,1-6H3. The summed E-state index contributed by atoms with van der Waals surface area (Å²) < 4.78 is 0. The summed E-state index contributed by atoms with van der Waals surface area (Å²) in [5, 5.41) is 0. The third kappa shape index (κ3) is 3.63. The molecule has 0 fully saturated rings. The van der Waals surface area contributed by atoms with Crippen molar-refractivity contribution < 1.29 is 0 Å². The number of likely N-dealkylation sites (N-methyl/N-ethyl adjacent to an activating group) is 1. The van der Waals surface area contributed by atoms with E-state index in [0.717, 1.165) is 5.71 Å². The van der Waals surface area contributed by atoms with Gasteiger partial charge in [-0.05, 0) is 44.9 Å². The molecule has 0 saturated carbocycles. The largest absolute Gasteiger partial charge is 0.380 e. The lowest BCUT2D eigenvalue weighted by molar-refractivity contribution is 0.487. The van der Waals surface area contributed by atoms with Crippen LogP contribution in [0.25, 0.3) is 0 Å². The van der Waals surface area contributed by atoms with Crippen LogP contribution in [0.2, 0.25) is 0 Å². The average molecular weight is 282 g/mol. The normalized spacial score (nSPS) is 18.9. The quantitative estimate of drug-likeness (QED) is 0.751. The van der Waals surface area contributed by atoms with Crippen LogP contribution in [0.5, 0.6) is 0 Å². The van der Waals surface area contributed by atoms with Gasteiger partial charge in [-0.1, -0.05) is 36.4 Å². The number of rotatable bonds is 3. The van der Waals surface area contributed by atoms with Crippen LogP contribution in [0.4, 0.5) is 0 Å². The molecule has 0 amide bonds. The Kier molecular flexibility index (Phi) is 4.36. The first-order valence-corrected chi connectivity index (χ1v) is 7.51. The fourth-order valence-corrected chi connectivity index (χ4v) is 2.82. The first-order valence-electron chi connectivity index (χ1n) is 7.51. The van der Waals surface area contributed by atoms with Gasteiger partial charge in [0.1, 0.15) is 0 Å². The lowest BCUT2D eigenvalue weighted by atomic mass is 9.90. The fraction of sp³-hybridized carbons (Fsp3) is 0.421. The van der Waals surface area contributed by atoms with Gasteiger partial charge in [0.05, 0.1) is 5.54 Å². The number of hydrogen-bond acceptors (Lipinski definition) is 2. The second-order valence-electron chi connectivity index (χ2n) is 6.80. The molecule has 1 aliphatic carbocycles. The summed E-state index contributed by atoms with van der Waals surface area (Å²) in [6.45, 7) is 8.53. The van der Waals surface area contributed by atoms with Gasteiger partial charge < -0.3 is 4.90 Å². The molecule has 1 aliphatic rings. The average Bonchev–Trinajstić information content (AvgIpc) is 2.85. The predicted molar refractivity (Wildman–Crippen MR) is 92.1 cm³/mol. The molecule has 0 spiro atoms. The molecule has 0 bridgehead atoms. The summed E-state index contributed by atoms with van der Waals surface area (Å²) in [6.07, 6.45) is 6.60. The van der Waals surface area contributed by atoms with Crippen LogP contribution in [0.3, 0.4) is 0 Å². The maximum Gasteiger partial charge on any atom is 0.0527 e. The van der Waals surface area contributed by atoms with Crippen LogP contribution in [-0.4, -0.2) is 30.2 Å². The molecule has 0 saturated heterocycles. The number of nitrogens with zero attached hydrogens (tertiary/aromatic N) is 2. The predicted octanol–water partition coefficient (Wildman–Crippen LogP) is 4.39. The van der Waals surface area contributed by atoms with Crippen LogP contribution >= 0.6 is 0 Å². The highest BCUT2D eigenvalue weighted by molar-refractivity contribution is 6.00. The van der Waals surface area contributed by atoms with E-state index in [2.05, 4.69) is 89.2 Å². The van der Waals surface area contributed by atoms with Crippen LogP contribution in [0.1, 0.15) is 44.7 Å². The summed E-state index contributed by atoms with van der Waals surface area (Å²) >= 11 is 0. The minimum atomic E-state index is -0.0527. The Labute approximate surface area is 128 Å². The summed E-state index contributed by atoms with van der Waals surface area (Å²) in [4.78, 5) is 7.03. The monoisotopic (exact) mass is 282 g/mol. The Bertz CT molecular complexity index is 598. The topological polar surface area (TPSA) is 15.6 Å². The van der Waals surface area contributed by atoms with Crippen LogP contribution < -0.4 is 0 Å². The van der Waals surface area contributed by atoms with E-state index in [1.807, 2.05) is 0 Å². The number of benzene rings is 1. The molecule has 0 aromatic heterocycles. The second-order valence-corrected chi connectivity index (χ2v) is 6.80. The van der Waals surface area contributed by atoms with Gasteiger partial charge >= 0.3 is 0 Å². The van der Waals surface area contributed by atoms with Crippen molar-refractivity contribution in [1.29, 1.82) is 0 Å². The molecular weight excluding hydrogens is 256 g/mol. The van der Waals surface area contributed by atoms with E-state index in [0.29, 0.717) is 5.92 Å². The van der Waals surface area contributed by atoms with E-state index in [4.69, 9.17) is 4.99 Å². The zero-order valence-electron chi connectivity index (χ0n) is 14.0. The molecule has 0 heterocycles. The van der Waals surface area contributed by atoms with Gasteiger partial charge in [-0.3, -0.25) is 4.99 Å². The van der Waals surface area contributed by atoms with Gasteiger partial charge in [0.25, 0.3) is 0 Å². The third-order valence-corrected chi connectivity index (χ3v) is 3.59. The minimum absolute atomic E-state index is 0.0527. The number of hydrogen-bond donors (Lipinski definition) is 0. The van der Waals surface area contributed by atoms with Crippen molar-refractivity contribution in [2.45, 2.75) is 39.2 Å². The Hall–Kier alpha value is -1.83. The summed E-state index contributed by atoms with van der Waals surface area (Å²) in [7, 11) is 4.20. The molecule has 1 unspecified atom stereocenters. The first-order chi connectivity index (χ1) is 9.79. The Morgan fingerprint density at radius 3 is 2.43 bits per heavy atom. The highest BCUT2D eigenvalue weighted by Crippen LogP contribution is 2.33. The molecule has 2 heteroatoms. The van der Waals surface area contributed by atoms with Crippen molar-refractivity contribution in [2.24, 2.45) is 4.99 Å². The van der Waals surface area contributed by atoms with Crippen molar-refractivity contribution in [3.8, 4) is 0 Å². The maximum atomic E-state index is 4.84. The Balaban J connectivity index is 2.46. The van der Waals surface area contributed by atoms with Gasteiger partial charge in [-0.15, -0.1) is 0 Å². The Morgan fingerprint density at radius 2 is 1.81 bits per heavy atom. The molecule has 0 aliphatic heterocycles. The molecule has 1 aromatic rings. The van der Waals surface area contributed by atoms with Gasteiger partial charge in [-0.25, -0.2) is 0 Å². The van der Waals surface area contributed by atoms with E-state index in [9.17, 15) is 0 Å². The maximum absolute atomic E-state index is 4.84. The fourth-order valence-electron chi connectivity index (χ4n) is 2.82. The third-order valence-electron chi connectivity index (χ3n) is 3.59. The van der Waals surface area contributed by atoms with E-state index < -0.39 is 0 Å². The van der Waals surface area contributed by atoms with Crippen molar-refractivity contribution >= 4 is 5.71 Å². The van der Waals surface area contributed by atoms with E-state index in [1.165, 1.54) is 16.8 Å². The molecule has 21 heavy (non-hydrogen) atoms. The zero-order chi connectivity index (χ0) is 15.6. The van der Waals surface area contributed by atoms with Crippen molar-refractivity contribution in [2.75, 3.05) is 14.1 Å². The summed E-state index contributed by atoms with van der Waals surface area (Å²) in [5.41, 5.74) is 4.96. The molecule has 0 radical (unpaired) electrons. The van der Waals surface area contributed by atoms with E-state index in [1.54, 1.807) is 0 Å². The molecule has 2 rings (SSSR count). The summed E-state index contributed by atoms with van der Waals surface area (Å²) in [6, 6.07) is 8.61. The molecule has 1 atom stereocenters. The zero-order valence-corrected chi connectivity index (χ0v) is 14.0. The highest BCUT2D eigenvalue weighted by Gasteiger charge is 2.22. The van der Waals surface area contributed by atoms with Crippen molar-refractivity contribution in [3.05, 3.63) is 59.3 Å². The Morgan fingerprint density at radius 1 is 1.14 bits per heavy atom. The minimum Gasteiger partial charge on any atom is -0.380 e. The van der Waals surface area contributed by atoms with E-state index >= 15 is 0 Å². The van der Waals surface area contributed by atoms with Gasteiger partial charge in [0.2, 0.25) is 0 Å². The summed E-state index contributed by atoms with van der Waals surface area (Å²) in [5.74, 6) is 0.321. The number of allylic oxidation sites excluding steroid dienone is 3. The SMILES string of the molecule is CC(=NC(C)(C)C)c1ccccc1C1C=CC=C1N(C)C. The smallest absolute Gasteiger partial charge is 0.0527 e. The number of aliphatic imine (C=N–C) groups is 1. The van der Waals surface area contributed by atoms with Crippen LogP contribution in [-0.2, 0) is 0 Å². The molecular formula is C19H26N2. The second kappa shape index (κ2) is 5.88. The lowest BCUT2D eigenvalue weighted by Crippen LogP contribution is -2.18. The van der Waals surface area contributed by atoms with Crippen molar-refractivity contribution in [1.82, 2.24) is 4.90 Å². The van der Waals surface area contributed by atoms with Gasteiger partial charge in [0.15, 0.2) is 0 Å². The van der Waals surface area contributed by atoms with Crippen LogP contribution in [0, 0.1) is 0 Å². The van der Waals surface area contributed by atoms with Crippen LogP contribution in [0.15, 0.2) is 53.2 Å². The molecule has 112 valence electrons. The molecule has 2 nitrogen and oxygen atoms in total. The van der Waals surface area contributed by atoms with Gasteiger partial charge in [-0.2, -0.15) is 0 Å². The lowest BCUT2D eigenvalue weighted by Gasteiger charge is -2.24. The van der Waals surface area contributed by atoms with Gasteiger partial charge in [0, 0.05) is 31.4 Å². The first kappa shape index (κ1) is 15.6. The van der Waals surface area contributed by atoms with E-state index in [-0.39, 0.29) is 5.54 Å². The van der Waals surface area contributed by atoms with Crippen molar-refractivity contribution in [3.63, 3.8) is 0 Å². The molecule has 1 aromatic carbocycles.